The minimum Gasteiger partial charge on any atom is -0.462 e. The molecule has 10 heteroatoms. The summed E-state index contributed by atoms with van der Waals surface area (Å²) in [5.74, 6) is -0.916. The molecule has 0 bridgehead atoms. The van der Waals surface area contributed by atoms with Crippen molar-refractivity contribution >= 4 is 38.4 Å². The molecular formula is C20H25N3O5S2. The van der Waals surface area contributed by atoms with Gasteiger partial charge in [-0.25, -0.2) is 18.2 Å². The van der Waals surface area contributed by atoms with Crippen molar-refractivity contribution in [1.29, 1.82) is 0 Å². The molecule has 1 N–H and O–H groups in total. The van der Waals surface area contributed by atoms with Crippen LogP contribution in [0.4, 0.5) is 5.13 Å². The van der Waals surface area contributed by atoms with Crippen molar-refractivity contribution in [2.24, 2.45) is 0 Å². The molecule has 1 fully saturated rings. The van der Waals surface area contributed by atoms with Crippen LogP contribution in [-0.2, 0) is 14.8 Å². The molecule has 0 spiro atoms. The van der Waals surface area contributed by atoms with E-state index in [1.165, 1.54) is 28.6 Å². The summed E-state index contributed by atoms with van der Waals surface area (Å²) in [6.45, 7) is 3.63. The summed E-state index contributed by atoms with van der Waals surface area (Å²) in [5.41, 5.74) is 0.771. The maximum atomic E-state index is 12.8. The number of hydrogen-bond acceptors (Lipinski definition) is 7. The van der Waals surface area contributed by atoms with Crippen molar-refractivity contribution in [3.63, 3.8) is 0 Å². The van der Waals surface area contributed by atoms with Crippen LogP contribution in [0.3, 0.4) is 0 Å². The van der Waals surface area contributed by atoms with E-state index in [0.717, 1.165) is 37.0 Å². The number of benzene rings is 1. The first-order valence-corrected chi connectivity index (χ1v) is 12.0. The van der Waals surface area contributed by atoms with E-state index in [4.69, 9.17) is 4.74 Å². The van der Waals surface area contributed by atoms with Gasteiger partial charge in [-0.3, -0.25) is 10.1 Å². The molecule has 1 aromatic heterocycles. The van der Waals surface area contributed by atoms with Crippen molar-refractivity contribution in [2.75, 3.05) is 19.0 Å². The van der Waals surface area contributed by atoms with E-state index in [1.807, 2.05) is 0 Å². The number of aromatic nitrogens is 1. The Morgan fingerprint density at radius 2 is 1.87 bits per heavy atom. The van der Waals surface area contributed by atoms with Gasteiger partial charge in [-0.05, 0) is 51.0 Å². The van der Waals surface area contributed by atoms with Gasteiger partial charge in [0.05, 0.1) is 17.2 Å². The first kappa shape index (κ1) is 22.4. The Balaban J connectivity index is 1.71. The molecule has 0 atom stereocenters. The van der Waals surface area contributed by atoms with Crippen LogP contribution in [0.1, 0.15) is 58.3 Å². The standard InChI is InChI=1S/C20H25N3O5S2/c1-4-28-19(25)17-13(2)21-20(29-17)22-18(24)14-9-11-16(12-10-14)30(26,27)23(3)15-7-5-6-8-15/h9-12,15H,4-8H2,1-3H3,(H,21,22,24). The molecule has 162 valence electrons. The van der Waals surface area contributed by atoms with Gasteiger partial charge in [-0.2, -0.15) is 4.31 Å². The zero-order valence-corrected chi connectivity index (χ0v) is 18.8. The Bertz CT molecular complexity index is 1030. The fourth-order valence-electron chi connectivity index (χ4n) is 3.41. The molecular weight excluding hydrogens is 426 g/mol. The summed E-state index contributed by atoms with van der Waals surface area (Å²) in [4.78, 5) is 29.1. The van der Waals surface area contributed by atoms with Gasteiger partial charge in [-0.15, -0.1) is 0 Å². The van der Waals surface area contributed by atoms with Gasteiger partial charge in [0.25, 0.3) is 5.91 Å². The van der Waals surface area contributed by atoms with Crippen LogP contribution in [0.15, 0.2) is 29.2 Å². The number of carbonyl (C=O) groups excluding carboxylic acids is 2. The van der Waals surface area contributed by atoms with Crippen molar-refractivity contribution in [1.82, 2.24) is 9.29 Å². The number of aryl methyl sites for hydroxylation is 1. The van der Waals surface area contributed by atoms with Crippen LogP contribution in [0.25, 0.3) is 0 Å². The lowest BCUT2D eigenvalue weighted by molar-refractivity contribution is 0.0531. The van der Waals surface area contributed by atoms with Crippen LogP contribution in [0.2, 0.25) is 0 Å². The Morgan fingerprint density at radius 3 is 2.47 bits per heavy atom. The molecule has 1 heterocycles. The second-order valence-corrected chi connectivity index (χ2v) is 10.1. The number of hydrogen-bond donors (Lipinski definition) is 1. The fraction of sp³-hybridized carbons (Fsp3) is 0.450. The third-order valence-corrected chi connectivity index (χ3v) is 8.09. The first-order valence-electron chi connectivity index (χ1n) is 9.78. The maximum absolute atomic E-state index is 12.8. The lowest BCUT2D eigenvalue weighted by atomic mass is 10.2. The van der Waals surface area contributed by atoms with Crippen LogP contribution >= 0.6 is 11.3 Å². The van der Waals surface area contributed by atoms with Crippen molar-refractivity contribution < 1.29 is 22.7 Å². The zero-order chi connectivity index (χ0) is 21.9. The summed E-state index contributed by atoms with van der Waals surface area (Å²) >= 11 is 1.04. The summed E-state index contributed by atoms with van der Waals surface area (Å²) < 4.78 is 32.0. The first-order chi connectivity index (χ1) is 14.2. The van der Waals surface area contributed by atoms with Gasteiger partial charge in [0, 0.05) is 18.7 Å². The Morgan fingerprint density at radius 1 is 1.23 bits per heavy atom. The van der Waals surface area contributed by atoms with Gasteiger partial charge in [0.15, 0.2) is 5.13 Å². The second-order valence-electron chi connectivity index (χ2n) is 7.09. The predicted molar refractivity (Wildman–Crippen MR) is 114 cm³/mol. The highest BCUT2D eigenvalue weighted by Crippen LogP contribution is 2.28. The highest BCUT2D eigenvalue weighted by Gasteiger charge is 2.30. The minimum absolute atomic E-state index is 0.0275. The third kappa shape index (κ3) is 4.71. The van der Waals surface area contributed by atoms with Crippen molar-refractivity contribution in [3.8, 4) is 0 Å². The largest absolute Gasteiger partial charge is 0.462 e. The normalized spacial score (nSPS) is 14.8. The second kappa shape index (κ2) is 9.23. The lowest BCUT2D eigenvalue weighted by Gasteiger charge is -2.23. The summed E-state index contributed by atoms with van der Waals surface area (Å²) in [7, 11) is -1.99. The minimum atomic E-state index is -3.60. The molecule has 1 amide bonds. The lowest BCUT2D eigenvalue weighted by Crippen LogP contribution is -2.35. The molecule has 0 saturated heterocycles. The Labute approximate surface area is 180 Å². The highest BCUT2D eigenvalue weighted by molar-refractivity contribution is 7.89. The number of amides is 1. The Kier molecular flexibility index (Phi) is 6.89. The van der Waals surface area contributed by atoms with Crippen LogP contribution < -0.4 is 5.32 Å². The third-order valence-electron chi connectivity index (χ3n) is 5.11. The van der Waals surface area contributed by atoms with Crippen LogP contribution in [0, 0.1) is 6.92 Å². The SMILES string of the molecule is CCOC(=O)c1sc(NC(=O)c2ccc(S(=O)(=O)N(C)C3CCCC3)cc2)nc1C. The van der Waals surface area contributed by atoms with Gasteiger partial charge in [0.1, 0.15) is 4.88 Å². The Hall–Kier alpha value is -2.30. The number of anilines is 1. The number of nitrogens with one attached hydrogen (secondary N) is 1. The number of esters is 1. The number of carbonyl (C=O) groups is 2. The average Bonchev–Trinajstić information content (AvgIpc) is 3.37. The molecule has 1 aliphatic rings. The molecule has 0 aliphatic heterocycles. The fourth-order valence-corrected chi connectivity index (χ4v) is 5.69. The number of ether oxygens (including phenoxy) is 1. The molecule has 0 radical (unpaired) electrons. The smallest absolute Gasteiger partial charge is 0.350 e. The molecule has 8 nitrogen and oxygen atoms in total. The van der Waals surface area contributed by atoms with E-state index in [-0.39, 0.29) is 22.7 Å². The maximum Gasteiger partial charge on any atom is 0.350 e. The average molecular weight is 452 g/mol. The number of sulfonamides is 1. The number of nitrogens with zero attached hydrogens (tertiary/aromatic N) is 2. The van der Waals surface area contributed by atoms with Crippen molar-refractivity contribution in [3.05, 3.63) is 40.4 Å². The topological polar surface area (TPSA) is 106 Å². The monoisotopic (exact) mass is 451 g/mol. The van der Waals surface area contributed by atoms with Gasteiger partial charge < -0.3 is 4.74 Å². The quantitative estimate of drug-likeness (QED) is 0.647. The highest BCUT2D eigenvalue weighted by atomic mass is 32.2. The number of rotatable bonds is 7. The number of thiazole rings is 1. The summed E-state index contributed by atoms with van der Waals surface area (Å²) in [6, 6.07) is 5.84. The van der Waals surface area contributed by atoms with Gasteiger partial charge >= 0.3 is 5.97 Å². The van der Waals surface area contributed by atoms with Crippen LogP contribution in [-0.4, -0.2) is 49.3 Å². The van der Waals surface area contributed by atoms with E-state index < -0.39 is 21.9 Å². The van der Waals surface area contributed by atoms with Crippen LogP contribution in [0.5, 0.6) is 0 Å². The molecule has 1 aliphatic carbocycles. The molecule has 30 heavy (non-hydrogen) atoms. The molecule has 1 aromatic carbocycles. The van der Waals surface area contributed by atoms with E-state index >= 15 is 0 Å². The zero-order valence-electron chi connectivity index (χ0n) is 17.2. The van der Waals surface area contributed by atoms with E-state index in [0.29, 0.717) is 16.1 Å². The van der Waals surface area contributed by atoms with Gasteiger partial charge in [0.2, 0.25) is 10.0 Å². The predicted octanol–water partition coefficient (Wildman–Crippen LogP) is 3.44. The van der Waals surface area contributed by atoms with E-state index in [9.17, 15) is 18.0 Å². The summed E-state index contributed by atoms with van der Waals surface area (Å²) in [5, 5.41) is 2.92. The van der Waals surface area contributed by atoms with Crippen molar-refractivity contribution in [2.45, 2.75) is 50.5 Å². The van der Waals surface area contributed by atoms with Gasteiger partial charge in [-0.1, -0.05) is 24.2 Å². The van der Waals surface area contributed by atoms with E-state index in [1.54, 1.807) is 20.9 Å². The summed E-state index contributed by atoms with van der Waals surface area (Å²) in [6.07, 6.45) is 3.82. The molecule has 1 saturated carbocycles. The van der Waals surface area contributed by atoms with E-state index in [2.05, 4.69) is 10.3 Å². The molecule has 3 rings (SSSR count). The molecule has 0 unspecified atom stereocenters. The molecule has 2 aromatic rings.